The molecule has 0 atom stereocenters. The summed E-state index contributed by atoms with van der Waals surface area (Å²) in [5.74, 6) is -2.15. The molecular formula is C21H18FN3O3. The lowest BCUT2D eigenvalue weighted by Crippen LogP contribution is -2.17. The molecule has 0 bridgehead atoms. The van der Waals surface area contributed by atoms with E-state index in [0.717, 1.165) is 5.56 Å². The monoisotopic (exact) mass is 379 g/mol. The van der Waals surface area contributed by atoms with Crippen molar-refractivity contribution in [3.63, 3.8) is 0 Å². The topological polar surface area (TPSA) is 106 Å². The highest BCUT2D eigenvalue weighted by Crippen LogP contribution is 2.28. The van der Waals surface area contributed by atoms with Crippen molar-refractivity contribution in [2.75, 3.05) is 0 Å². The molecule has 28 heavy (non-hydrogen) atoms. The number of carbonyl (C=O) groups excluding carboxylic acids is 1. The highest BCUT2D eigenvalue weighted by Gasteiger charge is 2.14. The summed E-state index contributed by atoms with van der Waals surface area (Å²) in [6.07, 6.45) is -0.232. The third-order valence-corrected chi connectivity index (χ3v) is 4.34. The highest BCUT2D eigenvalue weighted by atomic mass is 19.1. The Bertz CT molecular complexity index is 1080. The number of carboxylic acid groups (broad SMARTS) is 1. The van der Waals surface area contributed by atoms with E-state index < -0.39 is 17.7 Å². The summed E-state index contributed by atoms with van der Waals surface area (Å²) in [6, 6.07) is 11.4. The summed E-state index contributed by atoms with van der Waals surface area (Å²) in [7, 11) is 0. The van der Waals surface area contributed by atoms with Crippen molar-refractivity contribution in [3.05, 3.63) is 70.9 Å². The van der Waals surface area contributed by atoms with Gasteiger partial charge in [-0.15, -0.1) is 0 Å². The Morgan fingerprint density at radius 3 is 2.21 bits per heavy atom. The maximum Gasteiger partial charge on any atom is 0.307 e. The van der Waals surface area contributed by atoms with Crippen molar-refractivity contribution in [2.45, 2.75) is 20.3 Å². The fraction of sp³-hybridized carbons (Fsp3) is 0.143. The first-order chi connectivity index (χ1) is 13.3. The molecule has 0 aliphatic rings. The number of carbonyl (C=O) groups is 2. The molecule has 0 aliphatic heterocycles. The van der Waals surface area contributed by atoms with Gasteiger partial charge in [0.15, 0.2) is 0 Å². The Labute approximate surface area is 160 Å². The molecule has 0 unspecified atom stereocenters. The average molecular weight is 379 g/mol. The Morgan fingerprint density at radius 1 is 1.00 bits per heavy atom. The van der Waals surface area contributed by atoms with Gasteiger partial charge in [-0.2, -0.15) is 0 Å². The van der Waals surface area contributed by atoms with E-state index in [1.165, 1.54) is 6.07 Å². The van der Waals surface area contributed by atoms with Crippen LogP contribution in [0.15, 0.2) is 42.5 Å². The molecule has 2 aromatic carbocycles. The summed E-state index contributed by atoms with van der Waals surface area (Å²) >= 11 is 0. The molecule has 0 spiro atoms. The largest absolute Gasteiger partial charge is 0.481 e. The van der Waals surface area contributed by atoms with E-state index in [9.17, 15) is 14.0 Å². The molecule has 7 heteroatoms. The minimum Gasteiger partial charge on any atom is -0.481 e. The van der Waals surface area contributed by atoms with Gasteiger partial charge in [0, 0.05) is 11.1 Å². The zero-order chi connectivity index (χ0) is 20.4. The fourth-order valence-corrected chi connectivity index (χ4v) is 3.02. The Balaban J connectivity index is 1.96. The number of nitrogens with zero attached hydrogens (tertiary/aromatic N) is 2. The zero-order valence-corrected chi connectivity index (χ0v) is 15.4. The Hall–Kier alpha value is -3.61. The molecule has 1 heterocycles. The summed E-state index contributed by atoms with van der Waals surface area (Å²) in [5, 5.41) is 8.81. The van der Waals surface area contributed by atoms with E-state index in [1.54, 1.807) is 50.2 Å². The lowest BCUT2D eigenvalue weighted by Gasteiger charge is -2.10. The number of hydrogen-bond donors (Lipinski definition) is 2. The molecule has 3 rings (SSSR count). The standard InChI is InChI=1S/C21H18FN3O3/c1-11-19(25-20(21(23)28)12(2)24-11)15-6-4-14(5-7-15)16-8-3-13(9-17(16)22)10-18(26)27/h3-9H,10H2,1-2H3,(H2,23,28)(H,26,27). The molecule has 0 saturated carbocycles. The van der Waals surface area contributed by atoms with Crippen molar-refractivity contribution in [1.29, 1.82) is 0 Å². The number of benzene rings is 2. The molecule has 1 aromatic heterocycles. The van der Waals surface area contributed by atoms with Crippen LogP contribution < -0.4 is 5.73 Å². The second kappa shape index (κ2) is 7.56. The maximum atomic E-state index is 14.4. The lowest BCUT2D eigenvalue weighted by molar-refractivity contribution is -0.136. The normalized spacial score (nSPS) is 10.7. The van der Waals surface area contributed by atoms with E-state index in [0.29, 0.717) is 33.8 Å². The molecule has 3 aromatic rings. The van der Waals surface area contributed by atoms with Crippen molar-refractivity contribution in [3.8, 4) is 22.4 Å². The van der Waals surface area contributed by atoms with Crippen LogP contribution in [0.2, 0.25) is 0 Å². The fourth-order valence-electron chi connectivity index (χ4n) is 3.02. The van der Waals surface area contributed by atoms with E-state index in [2.05, 4.69) is 9.97 Å². The van der Waals surface area contributed by atoms with Crippen LogP contribution in [-0.4, -0.2) is 27.0 Å². The van der Waals surface area contributed by atoms with Crippen LogP contribution in [0, 0.1) is 19.7 Å². The van der Waals surface area contributed by atoms with E-state index >= 15 is 0 Å². The predicted molar refractivity (Wildman–Crippen MR) is 102 cm³/mol. The van der Waals surface area contributed by atoms with Crippen LogP contribution in [0.3, 0.4) is 0 Å². The molecule has 0 saturated heterocycles. The first-order valence-corrected chi connectivity index (χ1v) is 8.52. The van der Waals surface area contributed by atoms with Crippen LogP contribution in [-0.2, 0) is 11.2 Å². The number of halogens is 1. The van der Waals surface area contributed by atoms with Crippen LogP contribution in [0.1, 0.15) is 27.4 Å². The van der Waals surface area contributed by atoms with Crippen molar-refractivity contribution in [2.24, 2.45) is 5.73 Å². The number of hydrogen-bond acceptors (Lipinski definition) is 4. The zero-order valence-electron chi connectivity index (χ0n) is 15.4. The Morgan fingerprint density at radius 2 is 1.64 bits per heavy atom. The number of aromatic nitrogens is 2. The van der Waals surface area contributed by atoms with Crippen LogP contribution in [0.5, 0.6) is 0 Å². The number of amides is 1. The van der Waals surface area contributed by atoms with Crippen LogP contribution in [0.4, 0.5) is 4.39 Å². The SMILES string of the molecule is Cc1nc(C)c(-c2ccc(-c3ccc(CC(=O)O)cc3F)cc2)nc1C(N)=O. The van der Waals surface area contributed by atoms with Crippen molar-refractivity contribution >= 4 is 11.9 Å². The van der Waals surface area contributed by atoms with Gasteiger partial charge >= 0.3 is 5.97 Å². The van der Waals surface area contributed by atoms with Crippen LogP contribution in [0.25, 0.3) is 22.4 Å². The van der Waals surface area contributed by atoms with Crippen molar-refractivity contribution in [1.82, 2.24) is 9.97 Å². The summed E-state index contributed by atoms with van der Waals surface area (Å²) < 4.78 is 14.4. The number of nitrogens with two attached hydrogens (primary N) is 1. The molecule has 0 radical (unpaired) electrons. The van der Waals surface area contributed by atoms with Gasteiger partial charge in [-0.1, -0.05) is 36.4 Å². The van der Waals surface area contributed by atoms with Gasteiger partial charge in [0.25, 0.3) is 5.91 Å². The van der Waals surface area contributed by atoms with Gasteiger partial charge in [-0.25, -0.2) is 9.37 Å². The van der Waals surface area contributed by atoms with Crippen molar-refractivity contribution < 1.29 is 19.1 Å². The molecule has 1 amide bonds. The maximum absolute atomic E-state index is 14.4. The van der Waals surface area contributed by atoms with E-state index in [1.807, 2.05) is 0 Å². The average Bonchev–Trinajstić information content (AvgIpc) is 2.61. The number of primary amides is 1. The number of aliphatic carboxylic acids is 1. The first kappa shape index (κ1) is 19.2. The molecular weight excluding hydrogens is 361 g/mol. The molecule has 142 valence electrons. The second-order valence-corrected chi connectivity index (χ2v) is 6.42. The lowest BCUT2D eigenvalue weighted by atomic mass is 9.99. The number of aryl methyl sites for hydroxylation is 2. The third kappa shape index (κ3) is 3.88. The van der Waals surface area contributed by atoms with E-state index in [-0.39, 0.29) is 12.1 Å². The van der Waals surface area contributed by atoms with E-state index in [4.69, 9.17) is 10.8 Å². The summed E-state index contributed by atoms with van der Waals surface area (Å²) in [4.78, 5) is 31.0. The molecule has 6 nitrogen and oxygen atoms in total. The van der Waals surface area contributed by atoms with Gasteiger partial charge in [-0.3, -0.25) is 14.6 Å². The molecule has 0 aliphatic carbocycles. The number of carboxylic acids is 1. The summed E-state index contributed by atoms with van der Waals surface area (Å²) in [5.41, 5.74) is 9.24. The van der Waals surface area contributed by atoms with Gasteiger partial charge in [-0.05, 0) is 31.0 Å². The highest BCUT2D eigenvalue weighted by molar-refractivity contribution is 5.92. The molecule has 0 fully saturated rings. The summed E-state index contributed by atoms with van der Waals surface area (Å²) in [6.45, 7) is 3.46. The van der Waals surface area contributed by atoms with Crippen LogP contribution >= 0.6 is 0 Å². The predicted octanol–water partition coefficient (Wildman–Crippen LogP) is 3.29. The van der Waals surface area contributed by atoms with Gasteiger partial charge in [0.2, 0.25) is 0 Å². The minimum atomic E-state index is -1.01. The van der Waals surface area contributed by atoms with Gasteiger partial charge in [0.1, 0.15) is 11.5 Å². The van der Waals surface area contributed by atoms with Gasteiger partial charge < -0.3 is 10.8 Å². The first-order valence-electron chi connectivity index (χ1n) is 8.52. The Kier molecular flexibility index (Phi) is 5.17. The molecule has 3 N–H and O–H groups in total. The quantitative estimate of drug-likeness (QED) is 0.707. The second-order valence-electron chi connectivity index (χ2n) is 6.42. The van der Waals surface area contributed by atoms with Gasteiger partial charge in [0.05, 0.1) is 23.5 Å². The smallest absolute Gasteiger partial charge is 0.307 e. The third-order valence-electron chi connectivity index (χ3n) is 4.34. The number of rotatable bonds is 5. The minimum absolute atomic E-state index is 0.116.